The molecule has 0 aromatic rings. The van der Waals surface area contributed by atoms with E-state index in [1.807, 2.05) is 27.2 Å². The number of carbonyl (C=O) groups excluding carboxylic acids is 1. The summed E-state index contributed by atoms with van der Waals surface area (Å²) in [4.78, 5) is 25.7. The van der Waals surface area contributed by atoms with Crippen LogP contribution in [0.15, 0.2) is 36.5 Å². The molecule has 89 heavy (non-hydrogen) atoms. The zero-order valence-electron chi connectivity index (χ0n) is 60.7. The highest BCUT2D eigenvalue weighted by atomic mass is 31.2. The molecule has 0 rings (SSSR count). The number of aliphatic hydroxyl groups is 1. The molecule has 0 saturated carbocycles. The van der Waals surface area contributed by atoms with E-state index in [1.165, 1.54) is 353 Å². The van der Waals surface area contributed by atoms with Crippen LogP contribution in [-0.2, 0) is 18.4 Å². The van der Waals surface area contributed by atoms with Crippen molar-refractivity contribution < 1.29 is 32.9 Å². The molecule has 0 aliphatic rings. The predicted octanol–water partition coefficient (Wildman–Crippen LogP) is 25.3. The number of quaternary nitrogens is 1. The highest BCUT2D eigenvalue weighted by Gasteiger charge is 2.23. The molecule has 0 heterocycles. The molecule has 528 valence electrons. The Labute approximate surface area is 557 Å². The fourth-order valence-electron chi connectivity index (χ4n) is 12.4. The van der Waals surface area contributed by atoms with Crippen LogP contribution in [0.5, 0.6) is 0 Å². The van der Waals surface area contributed by atoms with Gasteiger partial charge in [0.1, 0.15) is 13.2 Å². The predicted molar refractivity (Wildman–Crippen MR) is 390 cm³/mol. The van der Waals surface area contributed by atoms with Crippen molar-refractivity contribution in [3.8, 4) is 0 Å². The van der Waals surface area contributed by atoms with Crippen LogP contribution in [0.3, 0.4) is 0 Å². The van der Waals surface area contributed by atoms with Gasteiger partial charge in [0.05, 0.1) is 39.9 Å². The summed E-state index contributed by atoms with van der Waals surface area (Å²) in [6.45, 7) is 4.69. The molecule has 2 N–H and O–H groups in total. The Hall–Kier alpha value is -1.28. The summed E-state index contributed by atoms with van der Waals surface area (Å²) in [7, 11) is 1.25. The Morgan fingerprint density at radius 1 is 0.382 bits per heavy atom. The molecule has 0 aliphatic heterocycles. The first-order valence-electron chi connectivity index (χ1n) is 39.9. The van der Waals surface area contributed by atoms with Crippen LogP contribution in [0.1, 0.15) is 418 Å². The summed E-state index contributed by atoms with van der Waals surface area (Å²) in [5.41, 5.74) is 0. The third kappa shape index (κ3) is 74.0. The van der Waals surface area contributed by atoms with Crippen molar-refractivity contribution in [2.45, 2.75) is 431 Å². The van der Waals surface area contributed by atoms with Gasteiger partial charge in [-0.05, 0) is 44.9 Å². The van der Waals surface area contributed by atoms with Crippen LogP contribution in [0, 0.1) is 0 Å². The van der Waals surface area contributed by atoms with Crippen LogP contribution in [-0.4, -0.2) is 68.5 Å². The molecule has 0 aliphatic carbocycles. The largest absolute Gasteiger partial charge is 0.756 e. The molecule has 0 aromatic heterocycles. The van der Waals surface area contributed by atoms with Gasteiger partial charge in [0, 0.05) is 6.42 Å². The van der Waals surface area contributed by atoms with Gasteiger partial charge in [0.25, 0.3) is 7.82 Å². The number of allylic oxidation sites excluding steroid dienone is 5. The number of amides is 1. The fraction of sp³-hybridized carbons (Fsp3) is 0.912. The molecule has 0 radical (unpaired) electrons. The lowest BCUT2D eigenvalue weighted by Gasteiger charge is -2.29. The zero-order valence-corrected chi connectivity index (χ0v) is 61.6. The number of nitrogens with zero attached hydrogens (tertiary/aromatic N) is 1. The topological polar surface area (TPSA) is 108 Å². The molecule has 3 atom stereocenters. The molecule has 8 nitrogen and oxygen atoms in total. The maximum absolute atomic E-state index is 13.1. The van der Waals surface area contributed by atoms with E-state index in [0.29, 0.717) is 17.4 Å². The van der Waals surface area contributed by atoms with Crippen molar-refractivity contribution in [3.63, 3.8) is 0 Å². The number of aliphatic hydroxyl groups excluding tert-OH is 1. The number of unbranched alkanes of at least 4 members (excludes halogenated alkanes) is 58. The van der Waals surface area contributed by atoms with Crippen LogP contribution < -0.4 is 10.2 Å². The summed E-state index contributed by atoms with van der Waals surface area (Å²) >= 11 is 0. The molecule has 0 spiro atoms. The lowest BCUT2D eigenvalue weighted by Crippen LogP contribution is -2.45. The van der Waals surface area contributed by atoms with E-state index in [9.17, 15) is 19.4 Å². The Bertz CT molecular complexity index is 1550. The monoisotopic (exact) mass is 1270 g/mol. The second kappa shape index (κ2) is 71.0. The molecule has 0 fully saturated rings. The Morgan fingerprint density at radius 3 is 0.910 bits per heavy atom. The van der Waals surface area contributed by atoms with Gasteiger partial charge in [0.2, 0.25) is 5.91 Å². The molecule has 0 aromatic carbocycles. The van der Waals surface area contributed by atoms with Crippen LogP contribution in [0.4, 0.5) is 0 Å². The number of hydrogen-bond acceptors (Lipinski definition) is 6. The van der Waals surface area contributed by atoms with Crippen molar-refractivity contribution in [2.24, 2.45) is 0 Å². The molecular weight excluding hydrogens is 1120 g/mol. The third-order valence-electron chi connectivity index (χ3n) is 18.6. The molecule has 3 unspecified atom stereocenters. The first kappa shape index (κ1) is 87.7. The van der Waals surface area contributed by atoms with Gasteiger partial charge in [-0.15, -0.1) is 0 Å². The average molecular weight is 1270 g/mol. The van der Waals surface area contributed by atoms with E-state index in [4.69, 9.17) is 9.05 Å². The van der Waals surface area contributed by atoms with E-state index < -0.39 is 26.6 Å². The standard InChI is InChI=1S/C80H157N2O6P/c1-6-8-10-12-14-16-18-20-22-24-26-28-30-32-34-36-38-40-41-42-44-46-48-50-52-54-56-58-60-62-64-66-68-70-72-74-80(84)81-78(77-88-89(85,86)87-76-75-82(3,4)5)79(83)73-71-69-67-65-63-61-59-57-55-53-51-49-47-45-43-39-37-35-33-31-29-27-25-23-21-19-17-15-13-11-9-7-2/h55,57,63,65,71,73,78-79,83H,6-54,56,58-62,64,66-70,72,74-77H2,1-5H3,(H-,81,84,85,86)/b57-55+,65-63+,73-71+. The SMILES string of the molecule is CCCCCCCCCCCCCCCCCCCCCCCC/C=C/CC/C=C/CC/C=C/C(O)C(COP(=O)([O-])OCC[N+](C)(C)C)NC(=O)CCCCCCCCCCCCCCCCCCCCCCCCCCCCCCCCCCCCC. The van der Waals surface area contributed by atoms with E-state index in [1.54, 1.807) is 6.08 Å². The number of rotatable bonds is 75. The number of phosphoric acid groups is 1. The Morgan fingerprint density at radius 2 is 0.629 bits per heavy atom. The number of likely N-dealkylation sites (N-methyl/N-ethyl adjacent to an activating group) is 1. The first-order valence-corrected chi connectivity index (χ1v) is 41.3. The third-order valence-corrected chi connectivity index (χ3v) is 19.5. The van der Waals surface area contributed by atoms with Crippen molar-refractivity contribution in [1.82, 2.24) is 5.32 Å². The van der Waals surface area contributed by atoms with E-state index >= 15 is 0 Å². The van der Waals surface area contributed by atoms with E-state index in [-0.39, 0.29) is 12.5 Å². The number of nitrogens with one attached hydrogen (secondary N) is 1. The lowest BCUT2D eigenvalue weighted by molar-refractivity contribution is -0.870. The summed E-state index contributed by atoms with van der Waals surface area (Å²) in [5, 5.41) is 14.0. The van der Waals surface area contributed by atoms with Gasteiger partial charge in [-0.1, -0.05) is 403 Å². The average Bonchev–Trinajstić information content (AvgIpc) is 3.62. The zero-order chi connectivity index (χ0) is 64.8. The van der Waals surface area contributed by atoms with Crippen molar-refractivity contribution in [1.29, 1.82) is 0 Å². The second-order valence-electron chi connectivity index (χ2n) is 28.8. The molecular formula is C80H157N2O6P. The quantitative estimate of drug-likeness (QED) is 0.0272. The lowest BCUT2D eigenvalue weighted by atomic mass is 10.0. The molecule has 0 bridgehead atoms. The van der Waals surface area contributed by atoms with Gasteiger partial charge in [0.15, 0.2) is 0 Å². The van der Waals surface area contributed by atoms with Crippen molar-refractivity contribution in [3.05, 3.63) is 36.5 Å². The van der Waals surface area contributed by atoms with Crippen LogP contribution >= 0.6 is 7.82 Å². The maximum atomic E-state index is 13.1. The fourth-order valence-corrected chi connectivity index (χ4v) is 13.2. The van der Waals surface area contributed by atoms with Gasteiger partial charge >= 0.3 is 0 Å². The van der Waals surface area contributed by atoms with Gasteiger partial charge in [-0.25, -0.2) is 0 Å². The maximum Gasteiger partial charge on any atom is 0.268 e. The summed E-state index contributed by atoms with van der Waals surface area (Å²) < 4.78 is 23.5. The highest BCUT2D eigenvalue weighted by molar-refractivity contribution is 7.45. The summed E-state index contributed by atoms with van der Waals surface area (Å²) in [6, 6.07) is -0.910. The highest BCUT2D eigenvalue weighted by Crippen LogP contribution is 2.38. The minimum atomic E-state index is -4.62. The van der Waals surface area contributed by atoms with Crippen molar-refractivity contribution in [2.75, 3.05) is 40.9 Å². The van der Waals surface area contributed by atoms with Crippen LogP contribution in [0.25, 0.3) is 0 Å². The van der Waals surface area contributed by atoms with Gasteiger partial charge in [-0.2, -0.15) is 0 Å². The second-order valence-corrected chi connectivity index (χ2v) is 30.2. The number of phosphoric ester groups is 1. The minimum Gasteiger partial charge on any atom is -0.756 e. The summed E-state index contributed by atoms with van der Waals surface area (Å²) in [6.07, 6.45) is 96.2. The molecule has 1 amide bonds. The Balaban J connectivity index is 4.00. The number of carbonyl (C=O) groups is 1. The normalized spacial score (nSPS) is 13.7. The summed E-state index contributed by atoms with van der Waals surface area (Å²) in [5.74, 6) is -0.202. The minimum absolute atomic E-state index is 0.00693. The van der Waals surface area contributed by atoms with E-state index in [2.05, 4.69) is 43.5 Å². The smallest absolute Gasteiger partial charge is 0.268 e. The van der Waals surface area contributed by atoms with Gasteiger partial charge in [-0.3, -0.25) is 9.36 Å². The number of hydrogen-bond donors (Lipinski definition) is 2. The first-order chi connectivity index (χ1) is 43.5. The van der Waals surface area contributed by atoms with Crippen molar-refractivity contribution >= 4 is 13.7 Å². The Kier molecular flexibility index (Phi) is 70.0. The molecule has 9 heteroatoms. The van der Waals surface area contributed by atoms with E-state index in [0.717, 1.165) is 44.9 Å². The van der Waals surface area contributed by atoms with Gasteiger partial charge < -0.3 is 28.8 Å². The van der Waals surface area contributed by atoms with Crippen LogP contribution in [0.2, 0.25) is 0 Å². The molecule has 0 saturated heterocycles.